The molecular formula is C19H19NO4. The molecule has 0 bridgehead atoms. The molecule has 124 valence electrons. The molecule has 1 aliphatic heterocycles. The fourth-order valence-electron chi connectivity index (χ4n) is 2.71. The predicted octanol–water partition coefficient (Wildman–Crippen LogP) is 2.14. The van der Waals surface area contributed by atoms with Crippen LogP contribution in [0.15, 0.2) is 48.5 Å². The van der Waals surface area contributed by atoms with Gasteiger partial charge in [0.2, 0.25) is 0 Å². The number of hydrogen-bond acceptors (Lipinski definition) is 4. The van der Waals surface area contributed by atoms with Crippen LogP contribution in [0.5, 0.6) is 5.75 Å². The molecule has 1 N–H and O–H groups in total. The van der Waals surface area contributed by atoms with Crippen LogP contribution in [0.4, 0.5) is 0 Å². The lowest BCUT2D eigenvalue weighted by Crippen LogP contribution is -2.42. The van der Waals surface area contributed by atoms with Gasteiger partial charge in [-0.3, -0.25) is 4.79 Å². The number of methoxy groups -OCH3 is 1. The molecule has 0 unspecified atom stereocenters. The van der Waals surface area contributed by atoms with Gasteiger partial charge < -0.3 is 14.8 Å². The molecule has 0 saturated carbocycles. The van der Waals surface area contributed by atoms with Gasteiger partial charge in [0.25, 0.3) is 5.91 Å². The normalized spacial score (nSPS) is 16.0. The average molecular weight is 325 g/mol. The molecule has 1 heterocycles. The zero-order chi connectivity index (χ0) is 16.9. The summed E-state index contributed by atoms with van der Waals surface area (Å²) >= 11 is 0. The summed E-state index contributed by atoms with van der Waals surface area (Å²) in [5.74, 6) is 0.106. The highest BCUT2D eigenvalue weighted by atomic mass is 16.5. The summed E-state index contributed by atoms with van der Waals surface area (Å²) in [5, 5.41) is 2.83. The van der Waals surface area contributed by atoms with E-state index in [1.165, 1.54) is 0 Å². The summed E-state index contributed by atoms with van der Waals surface area (Å²) in [5.41, 5.74) is 2.49. The van der Waals surface area contributed by atoms with Gasteiger partial charge in [0.15, 0.2) is 6.10 Å². The maximum Gasteiger partial charge on any atom is 0.339 e. The third-order valence-electron chi connectivity index (χ3n) is 4.06. The Morgan fingerprint density at radius 1 is 1.21 bits per heavy atom. The summed E-state index contributed by atoms with van der Waals surface area (Å²) in [4.78, 5) is 24.2. The van der Waals surface area contributed by atoms with Gasteiger partial charge in [-0.1, -0.05) is 30.3 Å². The largest absolute Gasteiger partial charge is 0.497 e. The second kappa shape index (κ2) is 7.17. The van der Waals surface area contributed by atoms with Gasteiger partial charge in [0, 0.05) is 13.0 Å². The first-order chi connectivity index (χ1) is 11.7. The Morgan fingerprint density at radius 3 is 2.71 bits per heavy atom. The van der Waals surface area contributed by atoms with Crippen molar-refractivity contribution >= 4 is 11.9 Å². The van der Waals surface area contributed by atoms with Gasteiger partial charge in [-0.05, 0) is 35.7 Å². The lowest BCUT2D eigenvalue weighted by molar-refractivity contribution is -0.130. The number of amides is 1. The fraction of sp³-hybridized carbons (Fsp3) is 0.263. The van der Waals surface area contributed by atoms with Gasteiger partial charge >= 0.3 is 5.97 Å². The molecule has 0 aromatic heterocycles. The predicted molar refractivity (Wildman–Crippen MR) is 89.1 cm³/mol. The monoisotopic (exact) mass is 325 g/mol. The number of carbonyl (C=O) groups excluding carboxylic acids is 2. The number of nitrogens with one attached hydrogen (secondary N) is 1. The van der Waals surface area contributed by atoms with Crippen LogP contribution in [-0.2, 0) is 22.4 Å². The molecule has 1 aliphatic rings. The van der Waals surface area contributed by atoms with E-state index < -0.39 is 12.1 Å². The van der Waals surface area contributed by atoms with Crippen LogP contribution in [0.2, 0.25) is 0 Å². The Labute approximate surface area is 140 Å². The number of benzene rings is 2. The molecule has 0 radical (unpaired) electrons. The van der Waals surface area contributed by atoms with Gasteiger partial charge in [0.1, 0.15) is 5.75 Å². The number of esters is 1. The number of ether oxygens (including phenoxy) is 2. The van der Waals surface area contributed by atoms with Gasteiger partial charge in [0.05, 0.1) is 12.7 Å². The molecule has 24 heavy (non-hydrogen) atoms. The van der Waals surface area contributed by atoms with Crippen molar-refractivity contribution < 1.29 is 19.1 Å². The highest BCUT2D eigenvalue weighted by Gasteiger charge is 2.30. The van der Waals surface area contributed by atoms with E-state index in [2.05, 4.69) is 5.32 Å². The molecule has 0 aliphatic carbocycles. The van der Waals surface area contributed by atoms with Gasteiger partial charge in [-0.2, -0.15) is 0 Å². The van der Waals surface area contributed by atoms with E-state index in [4.69, 9.17) is 9.47 Å². The number of hydrogen-bond donors (Lipinski definition) is 1. The minimum Gasteiger partial charge on any atom is -0.497 e. The van der Waals surface area contributed by atoms with Crippen LogP contribution in [0.25, 0.3) is 0 Å². The fourth-order valence-corrected chi connectivity index (χ4v) is 2.71. The Kier molecular flexibility index (Phi) is 4.79. The number of carbonyl (C=O) groups is 2. The van der Waals surface area contributed by atoms with Crippen molar-refractivity contribution in [1.82, 2.24) is 5.32 Å². The van der Waals surface area contributed by atoms with Crippen molar-refractivity contribution in [3.05, 3.63) is 65.2 Å². The molecule has 2 aromatic carbocycles. The third kappa shape index (κ3) is 3.56. The number of rotatable bonds is 5. The Balaban J connectivity index is 1.53. The molecule has 1 amide bonds. The molecular weight excluding hydrogens is 306 g/mol. The second-order valence-electron chi connectivity index (χ2n) is 5.64. The number of cyclic esters (lactones) is 1. The van der Waals surface area contributed by atoms with Crippen LogP contribution >= 0.6 is 0 Å². The highest BCUT2D eigenvalue weighted by molar-refractivity contribution is 5.95. The van der Waals surface area contributed by atoms with Crippen molar-refractivity contribution in [2.24, 2.45) is 0 Å². The quantitative estimate of drug-likeness (QED) is 0.856. The molecule has 0 spiro atoms. The minimum atomic E-state index is -0.761. The molecule has 3 rings (SSSR count). The van der Waals surface area contributed by atoms with Crippen LogP contribution in [0.1, 0.15) is 21.5 Å². The summed E-state index contributed by atoms with van der Waals surface area (Å²) in [6.45, 7) is 0.487. The van der Waals surface area contributed by atoms with Crippen molar-refractivity contribution in [3.8, 4) is 5.75 Å². The van der Waals surface area contributed by atoms with Crippen molar-refractivity contribution in [1.29, 1.82) is 0 Å². The highest BCUT2D eigenvalue weighted by Crippen LogP contribution is 2.20. The first-order valence-electron chi connectivity index (χ1n) is 7.87. The summed E-state index contributed by atoms with van der Waals surface area (Å²) in [6, 6.07) is 14.9. The zero-order valence-corrected chi connectivity index (χ0v) is 13.5. The van der Waals surface area contributed by atoms with Crippen LogP contribution in [-0.4, -0.2) is 31.6 Å². The second-order valence-corrected chi connectivity index (χ2v) is 5.64. The van der Waals surface area contributed by atoms with Crippen molar-refractivity contribution in [3.63, 3.8) is 0 Å². The molecule has 0 fully saturated rings. The number of fused-ring (bicyclic) bond motifs is 1. The van der Waals surface area contributed by atoms with E-state index >= 15 is 0 Å². The molecule has 2 aromatic rings. The maximum absolute atomic E-state index is 12.2. The van der Waals surface area contributed by atoms with E-state index in [1.807, 2.05) is 36.4 Å². The molecule has 1 atom stereocenters. The third-order valence-corrected chi connectivity index (χ3v) is 4.06. The van der Waals surface area contributed by atoms with Crippen molar-refractivity contribution in [2.75, 3.05) is 13.7 Å². The van der Waals surface area contributed by atoms with Crippen molar-refractivity contribution in [2.45, 2.75) is 18.9 Å². The van der Waals surface area contributed by atoms with E-state index in [9.17, 15) is 9.59 Å². The van der Waals surface area contributed by atoms with E-state index in [-0.39, 0.29) is 5.91 Å². The maximum atomic E-state index is 12.2. The minimum absolute atomic E-state index is 0.258. The van der Waals surface area contributed by atoms with Gasteiger partial charge in [-0.15, -0.1) is 0 Å². The topological polar surface area (TPSA) is 64.6 Å². The van der Waals surface area contributed by atoms with Gasteiger partial charge in [-0.25, -0.2) is 4.79 Å². The Hall–Kier alpha value is -2.82. The Morgan fingerprint density at radius 2 is 1.96 bits per heavy atom. The summed E-state index contributed by atoms with van der Waals surface area (Å²) in [7, 11) is 1.62. The van der Waals surface area contributed by atoms with Crippen LogP contribution in [0, 0.1) is 0 Å². The van der Waals surface area contributed by atoms with Crippen LogP contribution in [0.3, 0.4) is 0 Å². The molecule has 0 saturated heterocycles. The average Bonchev–Trinajstić information content (AvgIpc) is 2.62. The van der Waals surface area contributed by atoms with E-state index in [0.29, 0.717) is 24.9 Å². The SMILES string of the molecule is COc1ccc(CCNC(=O)[C@H]2Cc3ccccc3C(=O)O2)cc1. The Bertz CT molecular complexity index is 739. The summed E-state index contributed by atoms with van der Waals surface area (Å²) in [6.07, 6.45) is 0.353. The van der Waals surface area contributed by atoms with Crippen LogP contribution < -0.4 is 10.1 Å². The van der Waals surface area contributed by atoms with E-state index in [0.717, 1.165) is 16.9 Å². The van der Waals surface area contributed by atoms with E-state index in [1.54, 1.807) is 19.2 Å². The lowest BCUT2D eigenvalue weighted by atomic mass is 9.98. The molecule has 5 heteroatoms. The standard InChI is InChI=1S/C19H19NO4/c1-23-15-8-6-13(7-9-15)10-11-20-18(21)17-12-14-4-2-3-5-16(14)19(22)24-17/h2-9,17H,10-12H2,1H3,(H,20,21)/t17-/m1/s1. The first kappa shape index (κ1) is 16.1. The summed E-state index contributed by atoms with van der Waals surface area (Å²) < 4.78 is 10.4. The lowest BCUT2D eigenvalue weighted by Gasteiger charge is -2.23. The zero-order valence-electron chi connectivity index (χ0n) is 13.5. The smallest absolute Gasteiger partial charge is 0.339 e. The first-order valence-corrected chi connectivity index (χ1v) is 7.87. The molecule has 5 nitrogen and oxygen atoms in total.